The van der Waals surface area contributed by atoms with E-state index in [0.717, 1.165) is 32.6 Å². The predicted octanol–water partition coefficient (Wildman–Crippen LogP) is 1.20. The van der Waals surface area contributed by atoms with Crippen LogP contribution in [0.2, 0.25) is 0 Å². The molecule has 1 amide bonds. The van der Waals surface area contributed by atoms with Crippen LogP contribution in [0.4, 0.5) is 5.82 Å². The maximum absolute atomic E-state index is 12.4. The lowest BCUT2D eigenvalue weighted by Gasteiger charge is -2.23. The Morgan fingerprint density at radius 1 is 1.25 bits per heavy atom. The zero-order valence-electron chi connectivity index (χ0n) is 13.1. The zero-order valence-corrected chi connectivity index (χ0v) is 13.1. The number of nitrogens with two attached hydrogens (primary N) is 1. The monoisotopic (exact) mass is 281 g/mol. The van der Waals surface area contributed by atoms with Crippen LogP contribution >= 0.6 is 0 Å². The quantitative estimate of drug-likeness (QED) is 0.777. The van der Waals surface area contributed by atoms with E-state index in [1.165, 1.54) is 4.68 Å². The molecule has 0 saturated heterocycles. The molecule has 6 heteroatoms. The minimum Gasteiger partial charge on any atom is -0.383 e. The fourth-order valence-corrected chi connectivity index (χ4v) is 2.21. The molecule has 0 radical (unpaired) electrons. The van der Waals surface area contributed by atoms with E-state index in [1.807, 2.05) is 11.8 Å². The number of nitrogen functional groups attached to an aromatic ring is 1. The van der Waals surface area contributed by atoms with Crippen LogP contribution in [-0.2, 0) is 7.05 Å². The zero-order chi connectivity index (χ0) is 15.1. The van der Waals surface area contributed by atoms with Gasteiger partial charge in [0.05, 0.1) is 6.20 Å². The van der Waals surface area contributed by atoms with Crippen molar-refractivity contribution in [1.29, 1.82) is 0 Å². The van der Waals surface area contributed by atoms with Gasteiger partial charge in [-0.25, -0.2) is 0 Å². The Balaban J connectivity index is 2.58. The van der Waals surface area contributed by atoms with Crippen molar-refractivity contribution in [3.63, 3.8) is 0 Å². The van der Waals surface area contributed by atoms with Gasteiger partial charge < -0.3 is 15.5 Å². The van der Waals surface area contributed by atoms with Gasteiger partial charge in [-0.05, 0) is 33.0 Å². The Morgan fingerprint density at radius 2 is 1.90 bits per heavy atom. The van der Waals surface area contributed by atoms with Gasteiger partial charge in [0.1, 0.15) is 11.4 Å². The van der Waals surface area contributed by atoms with Crippen molar-refractivity contribution in [2.75, 3.05) is 38.5 Å². The number of amides is 1. The first kappa shape index (κ1) is 16.5. The van der Waals surface area contributed by atoms with Crippen molar-refractivity contribution in [3.05, 3.63) is 11.8 Å². The lowest BCUT2D eigenvalue weighted by Crippen LogP contribution is -2.34. The van der Waals surface area contributed by atoms with E-state index in [9.17, 15) is 4.79 Å². The summed E-state index contributed by atoms with van der Waals surface area (Å²) in [5, 5.41) is 4.02. The molecule has 114 valence electrons. The minimum atomic E-state index is -0.0300. The van der Waals surface area contributed by atoms with E-state index >= 15 is 0 Å². The minimum absolute atomic E-state index is 0.0300. The van der Waals surface area contributed by atoms with Gasteiger partial charge in [0.2, 0.25) is 0 Å². The molecule has 2 N–H and O–H groups in total. The molecular formula is C14H27N5O. The number of carbonyl (C=O) groups is 1. The van der Waals surface area contributed by atoms with Crippen molar-refractivity contribution < 1.29 is 4.79 Å². The molecule has 0 spiro atoms. The maximum Gasteiger partial charge on any atom is 0.259 e. The summed E-state index contributed by atoms with van der Waals surface area (Å²) in [6.07, 6.45) is 2.52. The summed E-state index contributed by atoms with van der Waals surface area (Å²) < 4.78 is 1.52. The number of hydrogen-bond acceptors (Lipinski definition) is 4. The molecule has 1 aromatic heterocycles. The van der Waals surface area contributed by atoms with Gasteiger partial charge in [0.15, 0.2) is 0 Å². The van der Waals surface area contributed by atoms with E-state index in [4.69, 9.17) is 5.73 Å². The fraction of sp³-hybridized carbons (Fsp3) is 0.714. The summed E-state index contributed by atoms with van der Waals surface area (Å²) >= 11 is 0. The second-order valence-corrected chi connectivity index (χ2v) is 4.83. The van der Waals surface area contributed by atoms with Gasteiger partial charge in [-0.1, -0.05) is 13.8 Å². The van der Waals surface area contributed by atoms with Crippen LogP contribution in [0.1, 0.15) is 37.6 Å². The fourth-order valence-electron chi connectivity index (χ4n) is 2.21. The summed E-state index contributed by atoms with van der Waals surface area (Å²) in [5.41, 5.74) is 6.36. The Labute approximate surface area is 121 Å². The van der Waals surface area contributed by atoms with E-state index in [2.05, 4.69) is 23.8 Å². The highest BCUT2D eigenvalue weighted by Gasteiger charge is 2.19. The van der Waals surface area contributed by atoms with Gasteiger partial charge >= 0.3 is 0 Å². The molecule has 0 bridgehead atoms. The van der Waals surface area contributed by atoms with Crippen LogP contribution < -0.4 is 5.73 Å². The first-order chi connectivity index (χ1) is 9.54. The van der Waals surface area contributed by atoms with Gasteiger partial charge in [-0.3, -0.25) is 9.48 Å². The lowest BCUT2D eigenvalue weighted by molar-refractivity contribution is 0.0758. The van der Waals surface area contributed by atoms with E-state index in [1.54, 1.807) is 13.2 Å². The first-order valence-electron chi connectivity index (χ1n) is 7.34. The molecule has 0 aliphatic rings. The number of aromatic nitrogens is 2. The average Bonchev–Trinajstić information content (AvgIpc) is 2.79. The summed E-state index contributed by atoms with van der Waals surface area (Å²) in [5.74, 6) is 0.398. The third kappa shape index (κ3) is 3.96. The van der Waals surface area contributed by atoms with Gasteiger partial charge in [0.25, 0.3) is 5.91 Å². The maximum atomic E-state index is 12.4. The normalized spacial score (nSPS) is 11.1. The largest absolute Gasteiger partial charge is 0.383 e. The number of aryl methyl sites for hydroxylation is 1. The van der Waals surface area contributed by atoms with Gasteiger partial charge in [-0.15, -0.1) is 0 Å². The Bertz CT molecular complexity index is 425. The standard InChI is InChI=1S/C14H27N5O/c1-5-18(6-2)9-8-10-19(7-3)14(20)12-11-16-17(4)13(12)15/h11H,5-10,15H2,1-4H3. The van der Waals surface area contributed by atoms with Crippen molar-refractivity contribution >= 4 is 11.7 Å². The van der Waals surface area contributed by atoms with Crippen LogP contribution in [0, 0.1) is 0 Å². The van der Waals surface area contributed by atoms with E-state index < -0.39 is 0 Å². The molecule has 20 heavy (non-hydrogen) atoms. The van der Waals surface area contributed by atoms with E-state index in [-0.39, 0.29) is 5.91 Å². The SMILES string of the molecule is CCN(CC)CCCN(CC)C(=O)c1cnn(C)c1N. The summed E-state index contributed by atoms with van der Waals surface area (Å²) in [4.78, 5) is 16.6. The smallest absolute Gasteiger partial charge is 0.259 e. The summed E-state index contributed by atoms with van der Waals surface area (Å²) in [6, 6.07) is 0. The van der Waals surface area contributed by atoms with Gasteiger partial charge in [-0.2, -0.15) is 5.10 Å². The number of rotatable bonds is 8. The van der Waals surface area contributed by atoms with Crippen LogP contribution in [0.3, 0.4) is 0 Å². The average molecular weight is 281 g/mol. The lowest BCUT2D eigenvalue weighted by atomic mass is 10.2. The highest BCUT2D eigenvalue weighted by atomic mass is 16.2. The second-order valence-electron chi connectivity index (χ2n) is 4.83. The molecule has 0 saturated carbocycles. The van der Waals surface area contributed by atoms with Gasteiger partial charge in [0, 0.05) is 20.1 Å². The molecule has 6 nitrogen and oxygen atoms in total. The van der Waals surface area contributed by atoms with E-state index in [0.29, 0.717) is 17.9 Å². The summed E-state index contributed by atoms with van der Waals surface area (Å²) in [6.45, 7) is 10.8. The number of hydrogen-bond donors (Lipinski definition) is 1. The highest BCUT2D eigenvalue weighted by Crippen LogP contribution is 2.12. The molecule has 0 aromatic carbocycles. The van der Waals surface area contributed by atoms with Crippen LogP contribution in [0.5, 0.6) is 0 Å². The molecule has 0 aliphatic carbocycles. The summed E-state index contributed by atoms with van der Waals surface area (Å²) in [7, 11) is 1.74. The molecule has 1 aromatic rings. The van der Waals surface area contributed by atoms with Crippen LogP contribution in [0.15, 0.2) is 6.20 Å². The van der Waals surface area contributed by atoms with Crippen molar-refractivity contribution in [3.8, 4) is 0 Å². The molecule has 0 atom stereocenters. The van der Waals surface area contributed by atoms with Crippen molar-refractivity contribution in [1.82, 2.24) is 19.6 Å². The molecule has 0 aliphatic heterocycles. The Morgan fingerprint density at radius 3 is 2.35 bits per heavy atom. The van der Waals surface area contributed by atoms with Crippen LogP contribution in [0.25, 0.3) is 0 Å². The topological polar surface area (TPSA) is 67.4 Å². The van der Waals surface area contributed by atoms with Crippen molar-refractivity contribution in [2.45, 2.75) is 27.2 Å². The third-order valence-corrected chi connectivity index (χ3v) is 3.68. The number of anilines is 1. The Hall–Kier alpha value is -1.56. The molecule has 0 fully saturated rings. The Kier molecular flexibility index (Phi) is 6.51. The third-order valence-electron chi connectivity index (χ3n) is 3.68. The molecule has 0 unspecified atom stereocenters. The molecule has 1 heterocycles. The number of carbonyl (C=O) groups excluding carboxylic acids is 1. The first-order valence-corrected chi connectivity index (χ1v) is 7.34. The number of nitrogens with zero attached hydrogens (tertiary/aromatic N) is 4. The molecular weight excluding hydrogens is 254 g/mol. The predicted molar refractivity (Wildman–Crippen MR) is 81.6 cm³/mol. The molecule has 1 rings (SSSR count). The van der Waals surface area contributed by atoms with Crippen molar-refractivity contribution in [2.24, 2.45) is 7.05 Å². The second kappa shape index (κ2) is 7.89. The highest BCUT2D eigenvalue weighted by molar-refractivity contribution is 5.98. The van der Waals surface area contributed by atoms with Crippen LogP contribution in [-0.4, -0.2) is 58.2 Å².